The Labute approximate surface area is 82.0 Å². The quantitative estimate of drug-likeness (QED) is 0.534. The van der Waals surface area contributed by atoms with E-state index in [9.17, 15) is 9.18 Å². The van der Waals surface area contributed by atoms with Gasteiger partial charge in [0.1, 0.15) is 0 Å². The zero-order chi connectivity index (χ0) is 10.6. The van der Waals surface area contributed by atoms with Crippen LogP contribution in [0.25, 0.3) is 6.08 Å². The molecule has 0 aliphatic carbocycles. The molecule has 1 aromatic rings. The minimum atomic E-state index is -0.953. The summed E-state index contributed by atoms with van der Waals surface area (Å²) in [6.07, 6.45) is 1.14. The molecule has 0 aliphatic rings. The number of aryl methyl sites for hydroxylation is 1. The van der Waals surface area contributed by atoms with Crippen molar-refractivity contribution < 1.29 is 13.9 Å². The van der Waals surface area contributed by atoms with Crippen LogP contribution in [0.15, 0.2) is 30.1 Å². The van der Waals surface area contributed by atoms with Crippen LogP contribution in [0.3, 0.4) is 0 Å². The van der Waals surface area contributed by atoms with Crippen molar-refractivity contribution in [2.45, 2.75) is 6.92 Å². The first-order valence-corrected chi connectivity index (χ1v) is 4.15. The second kappa shape index (κ2) is 4.56. The van der Waals surface area contributed by atoms with E-state index in [1.54, 1.807) is 12.1 Å². The van der Waals surface area contributed by atoms with E-state index in [0.29, 0.717) is 5.56 Å². The summed E-state index contributed by atoms with van der Waals surface area (Å²) < 4.78 is 17.2. The van der Waals surface area contributed by atoms with Crippen LogP contribution in [-0.4, -0.2) is 13.1 Å². The third-order valence-corrected chi connectivity index (χ3v) is 1.75. The number of ether oxygens (including phenoxy) is 1. The number of esters is 1. The summed E-state index contributed by atoms with van der Waals surface area (Å²) in [5, 5.41) is 0. The Morgan fingerprint density at radius 3 is 2.43 bits per heavy atom. The lowest BCUT2D eigenvalue weighted by Crippen LogP contribution is -1.99. The first-order chi connectivity index (χ1) is 6.63. The average molecular weight is 194 g/mol. The van der Waals surface area contributed by atoms with Gasteiger partial charge in [-0.15, -0.1) is 0 Å². The molecule has 14 heavy (non-hydrogen) atoms. The van der Waals surface area contributed by atoms with Crippen LogP contribution in [0.4, 0.5) is 4.39 Å². The third kappa shape index (κ3) is 2.69. The lowest BCUT2D eigenvalue weighted by atomic mass is 10.1. The number of halogens is 1. The normalized spacial score (nSPS) is 11.2. The molecule has 0 unspecified atom stereocenters. The summed E-state index contributed by atoms with van der Waals surface area (Å²) in [4.78, 5) is 10.7. The van der Waals surface area contributed by atoms with Gasteiger partial charge in [0.2, 0.25) is 5.83 Å². The Hall–Kier alpha value is -1.64. The minimum absolute atomic E-state index is 0.638. The van der Waals surface area contributed by atoms with Gasteiger partial charge < -0.3 is 4.74 Å². The van der Waals surface area contributed by atoms with E-state index in [0.717, 1.165) is 18.7 Å². The summed E-state index contributed by atoms with van der Waals surface area (Å²) in [7, 11) is 1.14. The molecule has 0 atom stereocenters. The molecule has 0 fully saturated rings. The molecule has 0 bridgehead atoms. The van der Waals surface area contributed by atoms with E-state index in [-0.39, 0.29) is 0 Å². The van der Waals surface area contributed by atoms with Crippen LogP contribution in [0.1, 0.15) is 11.1 Å². The van der Waals surface area contributed by atoms with Crippen LogP contribution in [-0.2, 0) is 9.53 Å². The fraction of sp³-hybridized carbons (Fsp3) is 0.182. The van der Waals surface area contributed by atoms with Crippen molar-refractivity contribution in [2.24, 2.45) is 0 Å². The van der Waals surface area contributed by atoms with Crippen molar-refractivity contribution in [3.63, 3.8) is 0 Å². The molecule has 0 N–H and O–H groups in total. The highest BCUT2D eigenvalue weighted by molar-refractivity contribution is 5.91. The monoisotopic (exact) mass is 194 g/mol. The van der Waals surface area contributed by atoms with Crippen LogP contribution in [0.2, 0.25) is 0 Å². The van der Waals surface area contributed by atoms with Gasteiger partial charge in [0.05, 0.1) is 7.11 Å². The van der Waals surface area contributed by atoms with Gasteiger partial charge in [-0.2, -0.15) is 4.39 Å². The lowest BCUT2D eigenvalue weighted by molar-refractivity contribution is -0.137. The van der Waals surface area contributed by atoms with E-state index in [1.807, 2.05) is 19.1 Å². The highest BCUT2D eigenvalue weighted by Gasteiger charge is 2.07. The third-order valence-electron chi connectivity index (χ3n) is 1.75. The number of benzene rings is 1. The zero-order valence-electron chi connectivity index (χ0n) is 8.08. The fourth-order valence-electron chi connectivity index (χ4n) is 0.965. The van der Waals surface area contributed by atoms with E-state index >= 15 is 0 Å². The Kier molecular flexibility index (Phi) is 3.40. The van der Waals surface area contributed by atoms with Gasteiger partial charge in [0.25, 0.3) is 0 Å². The minimum Gasteiger partial charge on any atom is -0.464 e. The van der Waals surface area contributed by atoms with E-state index in [1.165, 1.54) is 0 Å². The number of hydrogen-bond donors (Lipinski definition) is 0. The van der Waals surface area contributed by atoms with E-state index in [2.05, 4.69) is 4.74 Å². The molecule has 0 saturated heterocycles. The maximum atomic E-state index is 13.0. The molecule has 0 saturated carbocycles. The maximum Gasteiger partial charge on any atom is 0.366 e. The first kappa shape index (κ1) is 10.4. The fourth-order valence-corrected chi connectivity index (χ4v) is 0.965. The van der Waals surface area contributed by atoms with Crippen LogP contribution in [0.5, 0.6) is 0 Å². The van der Waals surface area contributed by atoms with Crippen molar-refractivity contribution in [1.29, 1.82) is 0 Å². The average Bonchev–Trinajstić information content (AvgIpc) is 2.20. The van der Waals surface area contributed by atoms with Crippen molar-refractivity contribution in [1.82, 2.24) is 0 Å². The largest absolute Gasteiger partial charge is 0.464 e. The van der Waals surface area contributed by atoms with Gasteiger partial charge >= 0.3 is 5.97 Å². The van der Waals surface area contributed by atoms with Crippen molar-refractivity contribution >= 4 is 12.0 Å². The molecule has 0 spiro atoms. The van der Waals surface area contributed by atoms with Gasteiger partial charge in [-0.3, -0.25) is 0 Å². The SMILES string of the molecule is COC(=O)/C(F)=C/c1ccc(C)cc1. The Morgan fingerprint density at radius 2 is 1.93 bits per heavy atom. The predicted molar refractivity (Wildman–Crippen MR) is 52.3 cm³/mol. The molecule has 1 rings (SSSR count). The van der Waals surface area contributed by atoms with E-state index < -0.39 is 11.8 Å². The van der Waals surface area contributed by atoms with E-state index in [4.69, 9.17) is 0 Å². The number of methoxy groups -OCH3 is 1. The Balaban J connectivity index is 2.86. The second-order valence-corrected chi connectivity index (χ2v) is 2.89. The molecular formula is C11H11FO2. The Morgan fingerprint density at radius 1 is 1.36 bits per heavy atom. The molecule has 0 aromatic heterocycles. The number of carbonyl (C=O) groups excluding carboxylic acids is 1. The molecule has 0 radical (unpaired) electrons. The molecular weight excluding hydrogens is 183 g/mol. The first-order valence-electron chi connectivity index (χ1n) is 4.15. The van der Waals surface area contributed by atoms with Gasteiger partial charge in [0.15, 0.2) is 0 Å². The summed E-state index contributed by atoms with van der Waals surface area (Å²) >= 11 is 0. The summed E-state index contributed by atoms with van der Waals surface area (Å²) in [6.45, 7) is 1.93. The molecule has 1 aromatic carbocycles. The van der Waals surface area contributed by atoms with Crippen molar-refractivity contribution in [2.75, 3.05) is 7.11 Å². The molecule has 3 heteroatoms. The highest BCUT2D eigenvalue weighted by Crippen LogP contribution is 2.10. The van der Waals surface area contributed by atoms with Crippen LogP contribution >= 0.6 is 0 Å². The molecule has 74 valence electrons. The molecule has 0 heterocycles. The molecule has 0 amide bonds. The number of hydrogen-bond acceptors (Lipinski definition) is 2. The van der Waals surface area contributed by atoms with Gasteiger partial charge in [-0.05, 0) is 18.6 Å². The smallest absolute Gasteiger partial charge is 0.366 e. The topological polar surface area (TPSA) is 26.3 Å². The summed E-state index contributed by atoms with van der Waals surface area (Å²) in [6, 6.07) is 7.16. The zero-order valence-corrected chi connectivity index (χ0v) is 8.08. The maximum absolute atomic E-state index is 13.0. The second-order valence-electron chi connectivity index (χ2n) is 2.89. The van der Waals surface area contributed by atoms with Crippen LogP contribution in [0, 0.1) is 6.92 Å². The van der Waals surface area contributed by atoms with Crippen molar-refractivity contribution in [3.8, 4) is 0 Å². The Bertz CT molecular complexity index is 352. The van der Waals surface area contributed by atoms with Gasteiger partial charge in [0, 0.05) is 0 Å². The number of carbonyl (C=O) groups is 1. The highest BCUT2D eigenvalue weighted by atomic mass is 19.1. The predicted octanol–water partition coefficient (Wildman–Crippen LogP) is 2.48. The lowest BCUT2D eigenvalue weighted by Gasteiger charge is -1.96. The summed E-state index contributed by atoms with van der Waals surface area (Å²) in [5.41, 5.74) is 1.72. The van der Waals surface area contributed by atoms with Crippen molar-refractivity contribution in [3.05, 3.63) is 41.2 Å². The number of rotatable bonds is 2. The van der Waals surface area contributed by atoms with Gasteiger partial charge in [-0.25, -0.2) is 4.79 Å². The van der Waals surface area contributed by atoms with Crippen LogP contribution < -0.4 is 0 Å². The summed E-state index contributed by atoms with van der Waals surface area (Å²) in [5.74, 6) is -1.85. The molecule has 2 nitrogen and oxygen atoms in total. The van der Waals surface area contributed by atoms with Gasteiger partial charge in [-0.1, -0.05) is 29.8 Å². The molecule has 0 aliphatic heterocycles. The standard InChI is InChI=1S/C11H11FO2/c1-8-3-5-9(6-4-8)7-10(12)11(13)14-2/h3-7H,1-2H3/b10-7-.